The Morgan fingerprint density at radius 3 is 2.09 bits per heavy atom. The molecule has 4 aromatic rings. The van der Waals surface area contributed by atoms with Gasteiger partial charge in [0.05, 0.1) is 24.1 Å². The molecule has 3 aromatic carbocycles. The Bertz CT molecular complexity index is 1270. The van der Waals surface area contributed by atoms with Crippen LogP contribution in [0.25, 0.3) is 22.5 Å². The standard InChI is InChI=1S/C25H20N4O3S/c1-32-24(31)19-14-8-9-15-20(19)26-21(30)16-33-25-27-22(17-10-4-2-5-11-17)23(28-29-25)18-12-6-3-7-13-18/h2-15H,16H2,1H3,(H,26,30). The minimum atomic E-state index is -0.518. The molecule has 0 aliphatic carbocycles. The monoisotopic (exact) mass is 456 g/mol. The first-order valence-electron chi connectivity index (χ1n) is 10.1. The predicted molar refractivity (Wildman–Crippen MR) is 128 cm³/mol. The summed E-state index contributed by atoms with van der Waals surface area (Å²) >= 11 is 1.17. The van der Waals surface area contributed by atoms with E-state index in [4.69, 9.17) is 9.72 Å². The third-order valence-corrected chi connectivity index (χ3v) is 5.54. The van der Waals surface area contributed by atoms with Crippen LogP contribution in [0.3, 0.4) is 0 Å². The minimum Gasteiger partial charge on any atom is -0.465 e. The maximum atomic E-state index is 12.5. The molecule has 0 bridgehead atoms. The van der Waals surface area contributed by atoms with E-state index in [0.29, 0.717) is 22.2 Å². The molecular formula is C25H20N4O3S. The molecule has 0 atom stereocenters. The lowest BCUT2D eigenvalue weighted by Crippen LogP contribution is -2.17. The highest BCUT2D eigenvalue weighted by atomic mass is 32.2. The summed E-state index contributed by atoms with van der Waals surface area (Å²) in [6.07, 6.45) is 0. The number of nitrogens with one attached hydrogen (secondary N) is 1. The molecule has 0 aliphatic heterocycles. The zero-order valence-electron chi connectivity index (χ0n) is 17.8. The Hall–Kier alpha value is -4.04. The lowest BCUT2D eigenvalue weighted by atomic mass is 10.0. The summed E-state index contributed by atoms with van der Waals surface area (Å²) < 4.78 is 4.77. The van der Waals surface area contributed by atoms with Crippen molar-refractivity contribution in [2.45, 2.75) is 5.16 Å². The number of nitrogens with zero attached hydrogens (tertiary/aromatic N) is 3. The summed E-state index contributed by atoms with van der Waals surface area (Å²) in [6.45, 7) is 0. The first-order valence-corrected chi connectivity index (χ1v) is 11.1. The van der Waals surface area contributed by atoms with Gasteiger partial charge in [0.15, 0.2) is 0 Å². The Balaban J connectivity index is 1.54. The van der Waals surface area contributed by atoms with Crippen LogP contribution in [-0.2, 0) is 9.53 Å². The summed E-state index contributed by atoms with van der Waals surface area (Å²) in [5, 5.41) is 11.8. The molecule has 1 N–H and O–H groups in total. The van der Waals surface area contributed by atoms with Crippen molar-refractivity contribution < 1.29 is 14.3 Å². The lowest BCUT2D eigenvalue weighted by molar-refractivity contribution is -0.113. The van der Waals surface area contributed by atoms with Gasteiger partial charge >= 0.3 is 5.97 Å². The Labute approximate surface area is 195 Å². The predicted octanol–water partition coefficient (Wildman–Crippen LogP) is 4.72. The zero-order valence-corrected chi connectivity index (χ0v) is 18.6. The van der Waals surface area contributed by atoms with Gasteiger partial charge in [0, 0.05) is 11.1 Å². The van der Waals surface area contributed by atoms with Crippen LogP contribution in [-0.4, -0.2) is 39.9 Å². The molecule has 1 amide bonds. The molecule has 0 unspecified atom stereocenters. The highest BCUT2D eigenvalue weighted by Crippen LogP contribution is 2.29. The average Bonchev–Trinajstić information content (AvgIpc) is 2.88. The topological polar surface area (TPSA) is 94.1 Å². The number of anilines is 1. The zero-order chi connectivity index (χ0) is 23.0. The van der Waals surface area contributed by atoms with Crippen LogP contribution in [0.5, 0.6) is 0 Å². The second-order valence-corrected chi connectivity index (χ2v) is 7.84. The van der Waals surface area contributed by atoms with E-state index in [-0.39, 0.29) is 17.2 Å². The van der Waals surface area contributed by atoms with E-state index in [0.717, 1.165) is 11.1 Å². The smallest absolute Gasteiger partial charge is 0.339 e. The van der Waals surface area contributed by atoms with Gasteiger partial charge in [-0.15, -0.1) is 10.2 Å². The quantitative estimate of drug-likeness (QED) is 0.318. The number of para-hydroxylation sites is 1. The van der Waals surface area contributed by atoms with Crippen molar-refractivity contribution >= 4 is 29.3 Å². The van der Waals surface area contributed by atoms with Crippen molar-refractivity contribution in [3.05, 3.63) is 90.5 Å². The van der Waals surface area contributed by atoms with E-state index in [1.807, 2.05) is 60.7 Å². The molecule has 0 saturated carbocycles. The first-order chi connectivity index (χ1) is 16.2. The molecule has 0 spiro atoms. The Kier molecular flexibility index (Phi) is 7.06. The average molecular weight is 457 g/mol. The normalized spacial score (nSPS) is 10.5. The SMILES string of the molecule is COC(=O)c1ccccc1NC(=O)CSc1nnc(-c2ccccc2)c(-c2ccccc2)n1. The lowest BCUT2D eigenvalue weighted by Gasteiger charge is -2.10. The van der Waals surface area contributed by atoms with Gasteiger partial charge in [-0.1, -0.05) is 84.6 Å². The number of methoxy groups -OCH3 is 1. The van der Waals surface area contributed by atoms with Crippen molar-refractivity contribution in [3.8, 4) is 22.5 Å². The number of benzene rings is 3. The van der Waals surface area contributed by atoms with Crippen LogP contribution in [0, 0.1) is 0 Å². The molecule has 7 nitrogen and oxygen atoms in total. The summed E-state index contributed by atoms with van der Waals surface area (Å²) in [5.41, 5.74) is 3.85. The second-order valence-electron chi connectivity index (χ2n) is 6.90. The molecule has 8 heteroatoms. The molecule has 0 radical (unpaired) electrons. The number of rotatable bonds is 7. The van der Waals surface area contributed by atoms with Crippen LogP contribution >= 0.6 is 11.8 Å². The highest BCUT2D eigenvalue weighted by Gasteiger charge is 2.16. The van der Waals surface area contributed by atoms with E-state index in [1.165, 1.54) is 18.9 Å². The van der Waals surface area contributed by atoms with Crippen molar-refractivity contribution in [2.24, 2.45) is 0 Å². The van der Waals surface area contributed by atoms with Gasteiger partial charge < -0.3 is 10.1 Å². The fourth-order valence-corrected chi connectivity index (χ4v) is 3.74. The third-order valence-electron chi connectivity index (χ3n) is 4.70. The van der Waals surface area contributed by atoms with E-state index in [1.54, 1.807) is 24.3 Å². The highest BCUT2D eigenvalue weighted by molar-refractivity contribution is 7.99. The number of hydrogen-bond acceptors (Lipinski definition) is 7. The van der Waals surface area contributed by atoms with Crippen molar-refractivity contribution in [1.29, 1.82) is 0 Å². The van der Waals surface area contributed by atoms with Gasteiger partial charge in [-0.3, -0.25) is 4.79 Å². The Morgan fingerprint density at radius 1 is 0.818 bits per heavy atom. The number of ether oxygens (including phenoxy) is 1. The number of aromatic nitrogens is 3. The van der Waals surface area contributed by atoms with Crippen LogP contribution in [0.2, 0.25) is 0 Å². The molecule has 1 heterocycles. The molecular weight excluding hydrogens is 436 g/mol. The van der Waals surface area contributed by atoms with Crippen LogP contribution in [0.15, 0.2) is 90.1 Å². The Morgan fingerprint density at radius 2 is 1.42 bits per heavy atom. The first kappa shape index (κ1) is 22.2. The maximum absolute atomic E-state index is 12.5. The van der Waals surface area contributed by atoms with E-state index >= 15 is 0 Å². The van der Waals surface area contributed by atoms with E-state index in [2.05, 4.69) is 15.5 Å². The summed E-state index contributed by atoms with van der Waals surface area (Å²) in [4.78, 5) is 29.1. The molecule has 33 heavy (non-hydrogen) atoms. The molecule has 0 aliphatic rings. The largest absolute Gasteiger partial charge is 0.465 e. The van der Waals surface area contributed by atoms with Crippen molar-refractivity contribution in [1.82, 2.24) is 15.2 Å². The van der Waals surface area contributed by atoms with Gasteiger partial charge in [0.25, 0.3) is 0 Å². The van der Waals surface area contributed by atoms with Gasteiger partial charge in [0.2, 0.25) is 11.1 Å². The fraction of sp³-hybridized carbons (Fsp3) is 0.0800. The molecule has 0 saturated heterocycles. The number of carbonyl (C=O) groups excluding carboxylic acids is 2. The summed E-state index contributed by atoms with van der Waals surface area (Å²) in [6, 6.07) is 26.1. The van der Waals surface area contributed by atoms with Gasteiger partial charge in [-0.05, 0) is 12.1 Å². The van der Waals surface area contributed by atoms with Crippen molar-refractivity contribution in [2.75, 3.05) is 18.2 Å². The van der Waals surface area contributed by atoms with Gasteiger partial charge in [-0.25, -0.2) is 9.78 Å². The number of carbonyl (C=O) groups is 2. The summed E-state index contributed by atoms with van der Waals surface area (Å²) in [5.74, 6) is -0.765. The van der Waals surface area contributed by atoms with Crippen molar-refractivity contribution in [3.63, 3.8) is 0 Å². The van der Waals surface area contributed by atoms with Gasteiger partial charge in [0.1, 0.15) is 11.4 Å². The minimum absolute atomic E-state index is 0.0517. The number of hydrogen-bond donors (Lipinski definition) is 1. The molecule has 4 rings (SSSR count). The number of amides is 1. The van der Waals surface area contributed by atoms with E-state index < -0.39 is 5.97 Å². The second kappa shape index (κ2) is 10.5. The van der Waals surface area contributed by atoms with Gasteiger partial charge in [-0.2, -0.15) is 0 Å². The van der Waals surface area contributed by atoms with E-state index in [9.17, 15) is 9.59 Å². The summed E-state index contributed by atoms with van der Waals surface area (Å²) in [7, 11) is 1.30. The molecule has 0 fully saturated rings. The van der Waals surface area contributed by atoms with Crippen LogP contribution in [0.1, 0.15) is 10.4 Å². The van der Waals surface area contributed by atoms with Crippen LogP contribution < -0.4 is 5.32 Å². The number of thioether (sulfide) groups is 1. The molecule has 164 valence electrons. The van der Waals surface area contributed by atoms with Crippen LogP contribution in [0.4, 0.5) is 5.69 Å². The third kappa shape index (κ3) is 5.42. The number of esters is 1. The fourth-order valence-electron chi connectivity index (χ4n) is 3.16. The maximum Gasteiger partial charge on any atom is 0.339 e. The molecule has 1 aromatic heterocycles.